The van der Waals surface area contributed by atoms with Crippen LogP contribution in [0.2, 0.25) is 0 Å². The van der Waals surface area contributed by atoms with Gasteiger partial charge < -0.3 is 4.74 Å². The molecule has 2 heterocycles. The fourth-order valence-corrected chi connectivity index (χ4v) is 2.02. The first kappa shape index (κ1) is 9.71. The lowest BCUT2D eigenvalue weighted by Crippen LogP contribution is -2.54. The minimum atomic E-state index is -0.615. The lowest BCUT2D eigenvalue weighted by Gasteiger charge is -2.39. The van der Waals surface area contributed by atoms with Crippen molar-refractivity contribution >= 4 is 12.8 Å². The Bertz CT molecular complexity index is 178. The zero-order valence-corrected chi connectivity index (χ0v) is 8.42. The van der Waals surface area contributed by atoms with Crippen LogP contribution in [0.4, 0.5) is 4.39 Å². The number of ether oxygens (including phenoxy) is 1. The highest BCUT2D eigenvalue weighted by Crippen LogP contribution is 2.15. The van der Waals surface area contributed by atoms with Crippen LogP contribution in [0.5, 0.6) is 0 Å². The maximum absolute atomic E-state index is 12.5. The summed E-state index contributed by atoms with van der Waals surface area (Å²) in [5.74, 6) is 0. The molecule has 0 radical (unpaired) electrons. The maximum Gasteiger partial charge on any atom is 0.125 e. The van der Waals surface area contributed by atoms with E-state index in [4.69, 9.17) is 4.74 Å². The van der Waals surface area contributed by atoms with Gasteiger partial charge in [-0.05, 0) is 0 Å². The first-order chi connectivity index (χ1) is 6.24. The molecule has 0 aliphatic carbocycles. The Kier molecular flexibility index (Phi) is 3.08. The van der Waals surface area contributed by atoms with E-state index in [9.17, 15) is 4.39 Å². The third kappa shape index (κ3) is 2.56. The van der Waals surface area contributed by atoms with Crippen molar-refractivity contribution < 1.29 is 9.13 Å². The molecule has 0 spiro atoms. The molecular formula is C8H15FN2OS. The highest BCUT2D eigenvalue weighted by Gasteiger charge is 2.29. The van der Waals surface area contributed by atoms with E-state index < -0.39 is 6.17 Å². The number of thiol groups is 1. The van der Waals surface area contributed by atoms with E-state index in [0.29, 0.717) is 13.1 Å². The van der Waals surface area contributed by atoms with Gasteiger partial charge in [0.05, 0.1) is 12.7 Å². The van der Waals surface area contributed by atoms with E-state index in [1.165, 1.54) is 0 Å². The Morgan fingerprint density at radius 2 is 2.15 bits per heavy atom. The number of nitrogens with zero attached hydrogens (tertiary/aromatic N) is 2. The molecular weight excluding hydrogens is 191 g/mol. The quantitative estimate of drug-likeness (QED) is 0.649. The molecule has 76 valence electrons. The zero-order valence-electron chi connectivity index (χ0n) is 7.53. The van der Waals surface area contributed by atoms with E-state index in [1.54, 1.807) is 0 Å². The Labute approximate surface area is 83.4 Å². The van der Waals surface area contributed by atoms with Crippen LogP contribution < -0.4 is 0 Å². The van der Waals surface area contributed by atoms with Gasteiger partial charge in [-0.15, -0.1) is 0 Å². The third-order valence-corrected chi connectivity index (χ3v) is 2.86. The summed E-state index contributed by atoms with van der Waals surface area (Å²) < 4.78 is 20.0. The molecule has 0 aromatic heterocycles. The van der Waals surface area contributed by atoms with Crippen LogP contribution in [-0.4, -0.2) is 60.8 Å². The first-order valence-corrected chi connectivity index (χ1v) is 5.06. The van der Waals surface area contributed by atoms with Crippen LogP contribution in [0.25, 0.3) is 0 Å². The molecule has 0 amide bonds. The molecule has 3 nitrogen and oxygen atoms in total. The molecule has 0 saturated carbocycles. The predicted octanol–water partition coefficient (Wildman–Crippen LogP) is 0.186. The molecule has 0 bridgehead atoms. The fraction of sp³-hybridized carbons (Fsp3) is 1.00. The summed E-state index contributed by atoms with van der Waals surface area (Å²) in [6, 6.07) is 0. The molecule has 0 aromatic carbocycles. The predicted molar refractivity (Wildman–Crippen MR) is 51.6 cm³/mol. The molecule has 0 N–H and O–H groups in total. The van der Waals surface area contributed by atoms with Crippen LogP contribution in [-0.2, 0) is 4.74 Å². The smallest absolute Gasteiger partial charge is 0.125 e. The normalized spacial score (nSPS) is 33.2. The van der Waals surface area contributed by atoms with Gasteiger partial charge in [-0.1, -0.05) is 12.8 Å². The molecule has 2 saturated heterocycles. The second kappa shape index (κ2) is 4.13. The van der Waals surface area contributed by atoms with Crippen LogP contribution in [0, 0.1) is 0 Å². The molecule has 1 atom stereocenters. The Morgan fingerprint density at radius 3 is 2.77 bits per heavy atom. The molecule has 0 unspecified atom stereocenters. The van der Waals surface area contributed by atoms with E-state index in [0.717, 1.165) is 26.2 Å². The number of morpholine rings is 1. The summed E-state index contributed by atoms with van der Waals surface area (Å²) >= 11 is 4.27. The minimum absolute atomic E-state index is 0.207. The Morgan fingerprint density at radius 1 is 1.38 bits per heavy atom. The van der Waals surface area contributed by atoms with Crippen molar-refractivity contribution in [2.24, 2.45) is 0 Å². The van der Waals surface area contributed by atoms with Crippen molar-refractivity contribution in [2.75, 3.05) is 39.3 Å². The van der Waals surface area contributed by atoms with Crippen LogP contribution >= 0.6 is 12.8 Å². The van der Waals surface area contributed by atoms with Gasteiger partial charge in [0.15, 0.2) is 0 Å². The monoisotopic (exact) mass is 206 g/mol. The topological polar surface area (TPSA) is 15.7 Å². The summed E-state index contributed by atoms with van der Waals surface area (Å²) in [6.45, 7) is 4.46. The van der Waals surface area contributed by atoms with E-state index in [2.05, 4.69) is 17.7 Å². The van der Waals surface area contributed by atoms with Gasteiger partial charge in [0.1, 0.15) is 6.17 Å². The summed E-state index contributed by atoms with van der Waals surface area (Å²) in [7, 11) is 0. The first-order valence-electron chi connectivity index (χ1n) is 4.66. The Hall–Kier alpha value is 0.160. The molecule has 2 fully saturated rings. The molecule has 13 heavy (non-hydrogen) atoms. The van der Waals surface area contributed by atoms with Crippen LogP contribution in [0.1, 0.15) is 0 Å². The number of likely N-dealkylation sites (tertiary alicyclic amines) is 1. The van der Waals surface area contributed by atoms with Gasteiger partial charge >= 0.3 is 0 Å². The van der Waals surface area contributed by atoms with Crippen molar-refractivity contribution in [3.05, 3.63) is 0 Å². The third-order valence-electron chi connectivity index (χ3n) is 2.49. The highest BCUT2D eigenvalue weighted by atomic mass is 32.1. The molecule has 0 aromatic rings. The second-order valence-corrected chi connectivity index (χ2v) is 4.29. The van der Waals surface area contributed by atoms with E-state index in [-0.39, 0.29) is 6.10 Å². The lowest BCUT2D eigenvalue weighted by molar-refractivity contribution is -0.0422. The van der Waals surface area contributed by atoms with Gasteiger partial charge in [-0.2, -0.15) is 0 Å². The van der Waals surface area contributed by atoms with Crippen LogP contribution in [0.3, 0.4) is 0 Å². The average Bonchev–Trinajstić information content (AvgIpc) is 2.01. The molecule has 2 rings (SSSR count). The molecule has 5 heteroatoms. The van der Waals surface area contributed by atoms with E-state index in [1.807, 2.05) is 4.31 Å². The maximum atomic E-state index is 12.5. The van der Waals surface area contributed by atoms with Crippen molar-refractivity contribution in [1.82, 2.24) is 9.21 Å². The van der Waals surface area contributed by atoms with Gasteiger partial charge in [0.2, 0.25) is 0 Å². The minimum Gasteiger partial charge on any atom is -0.374 e. The SMILES string of the molecule is FC1CN(C[C@@H]2CN(S)CCO2)C1. The molecule has 2 aliphatic rings. The van der Waals surface area contributed by atoms with Gasteiger partial charge in [0.25, 0.3) is 0 Å². The fourth-order valence-electron chi connectivity index (χ4n) is 1.76. The summed E-state index contributed by atoms with van der Waals surface area (Å²) in [5, 5.41) is 0. The number of rotatable bonds is 2. The summed E-state index contributed by atoms with van der Waals surface area (Å²) in [5.41, 5.74) is 0. The van der Waals surface area contributed by atoms with Gasteiger partial charge in [-0.25, -0.2) is 8.70 Å². The zero-order chi connectivity index (χ0) is 9.26. The standard InChI is InChI=1S/C8H15FN2OS/c9-7-3-10(4-7)5-8-6-11(13)1-2-12-8/h7-8,13H,1-6H2/t8-/m1/s1. The van der Waals surface area contributed by atoms with Crippen molar-refractivity contribution in [3.8, 4) is 0 Å². The Balaban J connectivity index is 1.69. The number of halogens is 1. The number of alkyl halides is 1. The lowest BCUT2D eigenvalue weighted by atomic mass is 10.1. The molecule has 2 aliphatic heterocycles. The van der Waals surface area contributed by atoms with Gasteiger partial charge in [0, 0.05) is 32.7 Å². The number of hydrogen-bond acceptors (Lipinski definition) is 4. The average molecular weight is 206 g/mol. The largest absolute Gasteiger partial charge is 0.374 e. The summed E-state index contributed by atoms with van der Waals surface area (Å²) in [6.07, 6.45) is -0.408. The van der Waals surface area contributed by atoms with Crippen LogP contribution in [0.15, 0.2) is 0 Å². The van der Waals surface area contributed by atoms with Gasteiger partial charge in [-0.3, -0.25) is 4.90 Å². The highest BCUT2D eigenvalue weighted by molar-refractivity contribution is 7.77. The summed E-state index contributed by atoms with van der Waals surface area (Å²) in [4.78, 5) is 2.09. The van der Waals surface area contributed by atoms with Crippen molar-refractivity contribution in [3.63, 3.8) is 0 Å². The van der Waals surface area contributed by atoms with Crippen molar-refractivity contribution in [2.45, 2.75) is 12.3 Å². The van der Waals surface area contributed by atoms with E-state index >= 15 is 0 Å². The number of hydrogen-bond donors (Lipinski definition) is 1. The van der Waals surface area contributed by atoms with Crippen molar-refractivity contribution in [1.29, 1.82) is 0 Å². The second-order valence-electron chi connectivity index (χ2n) is 3.72.